The van der Waals surface area contributed by atoms with Crippen molar-refractivity contribution < 1.29 is 0 Å². The molecule has 0 bridgehead atoms. The Balaban J connectivity index is 3.10. The number of aryl methyl sites for hydroxylation is 2. The summed E-state index contributed by atoms with van der Waals surface area (Å²) in [6, 6.07) is 6.83. The smallest absolute Gasteiger partial charge is 0.00691 e. The van der Waals surface area contributed by atoms with Gasteiger partial charge in [0.05, 0.1) is 0 Å². The molecule has 1 rings (SSSR count). The molecule has 1 aromatic rings. The van der Waals surface area contributed by atoms with Gasteiger partial charge in [-0.1, -0.05) is 45.0 Å². The summed E-state index contributed by atoms with van der Waals surface area (Å²) in [6.07, 6.45) is 4.15. The first-order chi connectivity index (χ1) is 7.01. The quantitative estimate of drug-likeness (QED) is 0.634. The van der Waals surface area contributed by atoms with E-state index in [1.54, 1.807) is 0 Å². The molecule has 0 fully saturated rings. The molecular formula is C15H22. The topological polar surface area (TPSA) is 0 Å². The van der Waals surface area contributed by atoms with E-state index in [-0.39, 0.29) is 5.41 Å². The molecular weight excluding hydrogens is 180 g/mol. The van der Waals surface area contributed by atoms with E-state index in [0.717, 1.165) is 12.8 Å². The summed E-state index contributed by atoms with van der Waals surface area (Å²) in [5, 5.41) is 0. The molecule has 0 heteroatoms. The van der Waals surface area contributed by atoms with Gasteiger partial charge in [-0.05, 0) is 41.9 Å². The third-order valence-corrected chi connectivity index (χ3v) is 3.17. The summed E-state index contributed by atoms with van der Waals surface area (Å²) in [4.78, 5) is 0. The minimum Gasteiger partial charge on any atom is -0.103 e. The molecule has 0 nitrogen and oxygen atoms in total. The second-order valence-corrected chi connectivity index (χ2v) is 4.87. The van der Waals surface area contributed by atoms with E-state index in [4.69, 9.17) is 0 Å². The molecule has 0 unspecified atom stereocenters. The van der Waals surface area contributed by atoms with Crippen molar-refractivity contribution in [1.82, 2.24) is 0 Å². The van der Waals surface area contributed by atoms with Crippen molar-refractivity contribution in [2.75, 3.05) is 0 Å². The van der Waals surface area contributed by atoms with Gasteiger partial charge in [-0.25, -0.2) is 0 Å². The lowest BCUT2D eigenvalue weighted by Gasteiger charge is -2.24. The van der Waals surface area contributed by atoms with Crippen molar-refractivity contribution in [2.45, 2.75) is 46.0 Å². The lowest BCUT2D eigenvalue weighted by molar-refractivity contribution is 0.534. The zero-order valence-electron chi connectivity index (χ0n) is 10.4. The molecule has 0 aliphatic rings. The van der Waals surface area contributed by atoms with E-state index < -0.39 is 0 Å². The van der Waals surface area contributed by atoms with Crippen LogP contribution >= 0.6 is 0 Å². The van der Waals surface area contributed by atoms with E-state index in [2.05, 4.69) is 52.5 Å². The Labute approximate surface area is 94.0 Å². The molecule has 0 N–H and O–H groups in total. The Morgan fingerprint density at radius 2 is 2.00 bits per heavy atom. The first kappa shape index (κ1) is 12.0. The van der Waals surface area contributed by atoms with Crippen molar-refractivity contribution in [3.05, 3.63) is 47.5 Å². The van der Waals surface area contributed by atoms with E-state index in [9.17, 15) is 0 Å². The molecule has 1 aromatic carbocycles. The van der Waals surface area contributed by atoms with Gasteiger partial charge in [-0.2, -0.15) is 0 Å². The van der Waals surface area contributed by atoms with Gasteiger partial charge in [0, 0.05) is 0 Å². The normalized spacial score (nSPS) is 11.5. The minimum atomic E-state index is 0.208. The van der Waals surface area contributed by atoms with Crippen LogP contribution in [-0.2, 0) is 11.8 Å². The highest BCUT2D eigenvalue weighted by atomic mass is 14.2. The molecule has 0 atom stereocenters. The van der Waals surface area contributed by atoms with Gasteiger partial charge >= 0.3 is 0 Å². The molecule has 0 saturated carbocycles. The molecule has 0 saturated heterocycles. The molecule has 0 radical (unpaired) electrons. The van der Waals surface area contributed by atoms with Crippen LogP contribution in [0.5, 0.6) is 0 Å². The maximum absolute atomic E-state index is 3.83. The molecule has 0 aliphatic heterocycles. The third kappa shape index (κ3) is 2.71. The first-order valence-electron chi connectivity index (χ1n) is 5.72. The van der Waals surface area contributed by atoms with E-state index >= 15 is 0 Å². The van der Waals surface area contributed by atoms with Crippen LogP contribution in [0.3, 0.4) is 0 Å². The number of benzene rings is 1. The fraction of sp³-hybridized carbons (Fsp3) is 0.467. The van der Waals surface area contributed by atoms with Gasteiger partial charge in [0.15, 0.2) is 0 Å². The second kappa shape index (κ2) is 4.65. The number of rotatable bonds is 4. The van der Waals surface area contributed by atoms with Crippen molar-refractivity contribution in [2.24, 2.45) is 0 Å². The average molecular weight is 202 g/mol. The Bertz CT molecular complexity index is 345. The summed E-state index contributed by atoms with van der Waals surface area (Å²) in [7, 11) is 0. The SMILES string of the molecule is C=CCC(C)(C)c1ccc(C)c(CC)c1. The van der Waals surface area contributed by atoms with Crippen molar-refractivity contribution in [1.29, 1.82) is 0 Å². The van der Waals surface area contributed by atoms with Crippen LogP contribution in [0.15, 0.2) is 30.9 Å². The number of hydrogen-bond acceptors (Lipinski definition) is 0. The maximum Gasteiger partial charge on any atom is -0.00691 e. The number of hydrogen-bond donors (Lipinski definition) is 0. The maximum atomic E-state index is 3.83. The first-order valence-corrected chi connectivity index (χ1v) is 5.72. The molecule has 0 aromatic heterocycles. The van der Waals surface area contributed by atoms with E-state index in [1.807, 2.05) is 6.08 Å². The Morgan fingerprint density at radius 1 is 1.33 bits per heavy atom. The highest BCUT2D eigenvalue weighted by molar-refractivity contribution is 5.35. The van der Waals surface area contributed by atoms with Crippen LogP contribution in [0.2, 0.25) is 0 Å². The van der Waals surface area contributed by atoms with E-state index in [1.165, 1.54) is 16.7 Å². The van der Waals surface area contributed by atoms with Gasteiger partial charge in [-0.15, -0.1) is 6.58 Å². The van der Waals surface area contributed by atoms with Crippen molar-refractivity contribution >= 4 is 0 Å². The van der Waals surface area contributed by atoms with Gasteiger partial charge in [0.1, 0.15) is 0 Å². The molecule has 0 heterocycles. The van der Waals surface area contributed by atoms with Crippen molar-refractivity contribution in [3.63, 3.8) is 0 Å². The standard InChI is InChI=1S/C15H22/c1-6-10-15(4,5)14-9-8-12(3)13(7-2)11-14/h6,8-9,11H,1,7,10H2,2-5H3. The van der Waals surface area contributed by atoms with Crippen LogP contribution < -0.4 is 0 Å². The average Bonchev–Trinajstić information content (AvgIpc) is 2.18. The predicted octanol–water partition coefficient (Wildman–Crippen LogP) is 4.41. The second-order valence-electron chi connectivity index (χ2n) is 4.87. The Hall–Kier alpha value is -1.04. The highest BCUT2D eigenvalue weighted by Gasteiger charge is 2.19. The van der Waals surface area contributed by atoms with Gasteiger partial charge < -0.3 is 0 Å². The van der Waals surface area contributed by atoms with Crippen molar-refractivity contribution in [3.8, 4) is 0 Å². The van der Waals surface area contributed by atoms with E-state index in [0.29, 0.717) is 0 Å². The lowest BCUT2D eigenvalue weighted by atomic mass is 9.80. The lowest BCUT2D eigenvalue weighted by Crippen LogP contribution is -2.16. The fourth-order valence-electron chi connectivity index (χ4n) is 1.95. The zero-order chi connectivity index (χ0) is 11.5. The van der Waals surface area contributed by atoms with Crippen LogP contribution in [0.4, 0.5) is 0 Å². The summed E-state index contributed by atoms with van der Waals surface area (Å²) in [5.41, 5.74) is 4.49. The zero-order valence-corrected chi connectivity index (χ0v) is 10.4. The van der Waals surface area contributed by atoms with Gasteiger partial charge in [0.2, 0.25) is 0 Å². The molecule has 0 aliphatic carbocycles. The highest BCUT2D eigenvalue weighted by Crippen LogP contribution is 2.28. The Kier molecular flexibility index (Phi) is 3.73. The molecule has 15 heavy (non-hydrogen) atoms. The monoisotopic (exact) mass is 202 g/mol. The van der Waals surface area contributed by atoms with Gasteiger partial charge in [0.25, 0.3) is 0 Å². The summed E-state index contributed by atoms with van der Waals surface area (Å²) in [6.45, 7) is 12.8. The fourth-order valence-corrected chi connectivity index (χ4v) is 1.95. The molecule has 0 spiro atoms. The van der Waals surface area contributed by atoms with Crippen LogP contribution in [0, 0.1) is 6.92 Å². The van der Waals surface area contributed by atoms with Crippen LogP contribution in [0.1, 0.15) is 43.9 Å². The summed E-state index contributed by atoms with van der Waals surface area (Å²) >= 11 is 0. The summed E-state index contributed by atoms with van der Waals surface area (Å²) < 4.78 is 0. The molecule has 82 valence electrons. The summed E-state index contributed by atoms with van der Waals surface area (Å²) in [5.74, 6) is 0. The largest absolute Gasteiger partial charge is 0.103 e. The predicted molar refractivity (Wildman–Crippen MR) is 68.4 cm³/mol. The minimum absolute atomic E-state index is 0.208. The van der Waals surface area contributed by atoms with Crippen LogP contribution in [-0.4, -0.2) is 0 Å². The third-order valence-electron chi connectivity index (χ3n) is 3.17. The van der Waals surface area contributed by atoms with Crippen LogP contribution in [0.25, 0.3) is 0 Å². The molecule has 0 amide bonds. The number of allylic oxidation sites excluding steroid dienone is 1. The van der Waals surface area contributed by atoms with Gasteiger partial charge in [-0.3, -0.25) is 0 Å². The Morgan fingerprint density at radius 3 is 2.53 bits per heavy atom.